The maximum Gasteiger partial charge on any atom is 0.312 e. The van der Waals surface area contributed by atoms with Crippen molar-refractivity contribution in [1.29, 1.82) is 0 Å². The first-order valence-corrected chi connectivity index (χ1v) is 6.48. The third kappa shape index (κ3) is 3.85. The normalized spacial score (nSPS) is 14.2. The van der Waals surface area contributed by atoms with Crippen LogP contribution < -0.4 is 21.9 Å². The maximum absolute atomic E-state index is 12.1. The highest BCUT2D eigenvalue weighted by Gasteiger charge is 2.23. The van der Waals surface area contributed by atoms with E-state index in [0.717, 1.165) is 12.8 Å². The lowest BCUT2D eigenvalue weighted by molar-refractivity contribution is 0.249. The Morgan fingerprint density at radius 2 is 2.26 bits per heavy atom. The van der Waals surface area contributed by atoms with E-state index in [1.165, 1.54) is 10.9 Å². The second-order valence-electron chi connectivity index (χ2n) is 4.52. The zero-order valence-corrected chi connectivity index (χ0v) is 11.1. The molecule has 8 heteroatoms. The van der Waals surface area contributed by atoms with Crippen LogP contribution in [0.3, 0.4) is 0 Å². The summed E-state index contributed by atoms with van der Waals surface area (Å²) in [5.41, 5.74) is 5.01. The molecular formula is C11H16ClN5O2. The van der Waals surface area contributed by atoms with Gasteiger partial charge in [-0.05, 0) is 18.8 Å². The summed E-state index contributed by atoms with van der Waals surface area (Å²) in [6.45, 7) is 1.31. The van der Waals surface area contributed by atoms with Crippen molar-refractivity contribution in [2.24, 2.45) is 11.7 Å². The van der Waals surface area contributed by atoms with Gasteiger partial charge in [0.1, 0.15) is 5.69 Å². The molecule has 2 rings (SSSR count). The monoisotopic (exact) mass is 285 g/mol. The van der Waals surface area contributed by atoms with E-state index >= 15 is 0 Å². The first kappa shape index (κ1) is 13.7. The van der Waals surface area contributed by atoms with Crippen LogP contribution >= 0.6 is 11.6 Å². The van der Waals surface area contributed by atoms with Crippen LogP contribution in [0.2, 0.25) is 5.02 Å². The molecule has 19 heavy (non-hydrogen) atoms. The number of hydrogen-bond acceptors (Lipinski definition) is 4. The standard InChI is InChI=1S/C11H16ClN5O2/c12-8-5-16-17(6-7-1-2-7)10(18)9(8)14-3-4-15-11(13)19/h5,7,14H,1-4,6H2,(H3,13,15,19). The van der Waals surface area contributed by atoms with Crippen molar-refractivity contribution in [3.8, 4) is 0 Å². The predicted octanol–water partition coefficient (Wildman–Crippen LogP) is 0.387. The number of aromatic nitrogens is 2. The van der Waals surface area contributed by atoms with Crippen LogP contribution in [0.25, 0.3) is 0 Å². The van der Waals surface area contributed by atoms with Crippen LogP contribution in [0, 0.1) is 5.92 Å². The fourth-order valence-electron chi connectivity index (χ4n) is 1.68. The van der Waals surface area contributed by atoms with E-state index in [1.54, 1.807) is 0 Å². The van der Waals surface area contributed by atoms with Crippen molar-refractivity contribution in [3.05, 3.63) is 21.6 Å². The van der Waals surface area contributed by atoms with Gasteiger partial charge in [-0.1, -0.05) is 11.6 Å². The van der Waals surface area contributed by atoms with Gasteiger partial charge in [0, 0.05) is 19.6 Å². The maximum atomic E-state index is 12.1. The Morgan fingerprint density at radius 3 is 2.89 bits per heavy atom. The van der Waals surface area contributed by atoms with Gasteiger partial charge in [0.25, 0.3) is 5.56 Å². The van der Waals surface area contributed by atoms with Crippen LogP contribution in [0.15, 0.2) is 11.0 Å². The number of carbonyl (C=O) groups excluding carboxylic acids is 1. The van der Waals surface area contributed by atoms with Gasteiger partial charge in [0.2, 0.25) is 0 Å². The predicted molar refractivity (Wildman–Crippen MR) is 72.3 cm³/mol. The highest BCUT2D eigenvalue weighted by molar-refractivity contribution is 6.32. The van der Waals surface area contributed by atoms with E-state index in [0.29, 0.717) is 31.2 Å². The molecule has 0 aliphatic heterocycles. The average Bonchev–Trinajstić information content (AvgIpc) is 3.15. The molecule has 0 saturated heterocycles. The number of rotatable bonds is 6. The molecule has 2 amide bonds. The summed E-state index contributed by atoms with van der Waals surface area (Å²) in [7, 11) is 0. The number of nitrogens with one attached hydrogen (secondary N) is 2. The van der Waals surface area contributed by atoms with Crippen molar-refractivity contribution >= 4 is 23.3 Å². The second-order valence-corrected chi connectivity index (χ2v) is 4.92. The Bertz CT molecular complexity index is 526. The number of primary amides is 1. The third-order valence-corrected chi connectivity index (χ3v) is 3.14. The largest absolute Gasteiger partial charge is 0.377 e. The molecule has 4 N–H and O–H groups in total. The van der Waals surface area contributed by atoms with E-state index in [9.17, 15) is 9.59 Å². The molecule has 0 radical (unpaired) electrons. The van der Waals surface area contributed by atoms with Crippen molar-refractivity contribution in [1.82, 2.24) is 15.1 Å². The molecule has 0 atom stereocenters. The van der Waals surface area contributed by atoms with Crippen molar-refractivity contribution in [3.63, 3.8) is 0 Å². The SMILES string of the molecule is NC(=O)NCCNc1c(Cl)cnn(CC2CC2)c1=O. The van der Waals surface area contributed by atoms with Gasteiger partial charge in [0.05, 0.1) is 11.2 Å². The van der Waals surface area contributed by atoms with Gasteiger partial charge in [-0.15, -0.1) is 0 Å². The van der Waals surface area contributed by atoms with Gasteiger partial charge >= 0.3 is 6.03 Å². The van der Waals surface area contributed by atoms with Gasteiger partial charge in [-0.3, -0.25) is 4.79 Å². The number of hydrogen-bond donors (Lipinski definition) is 3. The minimum Gasteiger partial charge on any atom is -0.377 e. The molecule has 104 valence electrons. The molecule has 1 saturated carbocycles. The molecule has 1 aliphatic carbocycles. The molecule has 7 nitrogen and oxygen atoms in total. The summed E-state index contributed by atoms with van der Waals surface area (Å²) in [6, 6.07) is -0.603. The first-order chi connectivity index (χ1) is 9.08. The quantitative estimate of drug-likeness (QED) is 0.658. The zero-order valence-electron chi connectivity index (χ0n) is 10.4. The Morgan fingerprint density at radius 1 is 1.53 bits per heavy atom. The Balaban J connectivity index is 2.01. The lowest BCUT2D eigenvalue weighted by atomic mass is 10.4. The van der Waals surface area contributed by atoms with Crippen LogP contribution in [-0.2, 0) is 6.54 Å². The number of nitrogens with two attached hydrogens (primary N) is 1. The van der Waals surface area contributed by atoms with E-state index in [1.807, 2.05) is 0 Å². The molecule has 0 aromatic carbocycles. The summed E-state index contributed by atoms with van der Waals surface area (Å²) in [5, 5.41) is 9.61. The lowest BCUT2D eigenvalue weighted by Gasteiger charge is -2.10. The number of amides is 2. The third-order valence-electron chi connectivity index (χ3n) is 2.85. The fraction of sp³-hybridized carbons (Fsp3) is 0.545. The summed E-state index contributed by atoms with van der Waals surface area (Å²) in [4.78, 5) is 22.6. The smallest absolute Gasteiger partial charge is 0.312 e. The number of halogens is 1. The molecule has 0 unspecified atom stereocenters. The highest BCUT2D eigenvalue weighted by Crippen LogP contribution is 2.30. The lowest BCUT2D eigenvalue weighted by Crippen LogP contribution is -2.34. The van der Waals surface area contributed by atoms with Crippen molar-refractivity contribution in [2.45, 2.75) is 19.4 Å². The Hall–Kier alpha value is -1.76. The fourth-order valence-corrected chi connectivity index (χ4v) is 1.87. The van der Waals surface area contributed by atoms with Gasteiger partial charge in [-0.2, -0.15) is 5.10 Å². The van der Waals surface area contributed by atoms with Gasteiger partial charge < -0.3 is 16.4 Å². The van der Waals surface area contributed by atoms with Crippen LogP contribution in [0.1, 0.15) is 12.8 Å². The second kappa shape index (κ2) is 5.92. The molecule has 1 aliphatic rings. The summed E-state index contributed by atoms with van der Waals surface area (Å²) < 4.78 is 1.42. The molecular weight excluding hydrogens is 270 g/mol. The van der Waals surface area contributed by atoms with E-state index in [2.05, 4.69) is 15.7 Å². The number of anilines is 1. The highest BCUT2D eigenvalue weighted by atomic mass is 35.5. The number of urea groups is 1. The topological polar surface area (TPSA) is 102 Å². The minimum atomic E-state index is -0.603. The van der Waals surface area contributed by atoms with Crippen molar-refractivity contribution in [2.75, 3.05) is 18.4 Å². The molecule has 0 spiro atoms. The zero-order chi connectivity index (χ0) is 13.8. The number of carbonyl (C=O) groups is 1. The summed E-state index contributed by atoms with van der Waals surface area (Å²) in [5.74, 6) is 0.552. The van der Waals surface area contributed by atoms with E-state index in [4.69, 9.17) is 17.3 Å². The average molecular weight is 286 g/mol. The van der Waals surface area contributed by atoms with Gasteiger partial charge in [0.15, 0.2) is 0 Å². The first-order valence-electron chi connectivity index (χ1n) is 6.10. The number of nitrogens with zero attached hydrogens (tertiary/aromatic N) is 2. The Kier molecular flexibility index (Phi) is 4.26. The van der Waals surface area contributed by atoms with E-state index in [-0.39, 0.29) is 10.6 Å². The van der Waals surface area contributed by atoms with Gasteiger partial charge in [-0.25, -0.2) is 9.48 Å². The van der Waals surface area contributed by atoms with Crippen molar-refractivity contribution < 1.29 is 4.79 Å². The molecule has 1 aromatic rings. The summed E-state index contributed by atoms with van der Waals surface area (Å²) in [6.07, 6.45) is 3.74. The van der Waals surface area contributed by atoms with E-state index < -0.39 is 6.03 Å². The molecule has 1 heterocycles. The summed E-state index contributed by atoms with van der Waals surface area (Å²) >= 11 is 5.94. The van der Waals surface area contributed by atoms with Crippen LogP contribution in [-0.4, -0.2) is 28.9 Å². The molecule has 0 bridgehead atoms. The molecule has 1 aromatic heterocycles. The minimum absolute atomic E-state index is 0.238. The van der Waals surface area contributed by atoms with Crippen LogP contribution in [0.5, 0.6) is 0 Å². The molecule has 1 fully saturated rings. The Labute approximate surface area is 115 Å². The van der Waals surface area contributed by atoms with Crippen LogP contribution in [0.4, 0.5) is 10.5 Å².